The van der Waals surface area contributed by atoms with Gasteiger partial charge in [0.15, 0.2) is 0 Å². The zero-order valence-corrected chi connectivity index (χ0v) is 8.06. The van der Waals surface area contributed by atoms with Crippen molar-refractivity contribution in [3.63, 3.8) is 0 Å². The Balaban J connectivity index is 3.63. The fourth-order valence-corrected chi connectivity index (χ4v) is 0.841. The molecular formula is C8H13ClO3. The van der Waals surface area contributed by atoms with Gasteiger partial charge >= 0.3 is 5.97 Å². The topological polar surface area (TPSA) is 43.4 Å². The van der Waals surface area contributed by atoms with Gasteiger partial charge in [0, 0.05) is 6.42 Å². The fourth-order valence-electron chi connectivity index (χ4n) is 0.732. The van der Waals surface area contributed by atoms with Crippen LogP contribution in [0.15, 0.2) is 0 Å². The number of halogens is 1. The number of carbonyl (C=O) groups excluding carboxylic acids is 2. The van der Waals surface area contributed by atoms with Crippen molar-refractivity contribution in [2.45, 2.75) is 26.7 Å². The first-order chi connectivity index (χ1) is 5.57. The third-order valence-corrected chi connectivity index (χ3v) is 1.65. The van der Waals surface area contributed by atoms with E-state index in [-0.39, 0.29) is 18.3 Å². The maximum absolute atomic E-state index is 11.0. The van der Waals surface area contributed by atoms with Gasteiger partial charge in [0.2, 0.25) is 5.24 Å². The van der Waals surface area contributed by atoms with Crippen molar-refractivity contribution < 1.29 is 14.3 Å². The van der Waals surface area contributed by atoms with E-state index >= 15 is 0 Å². The molecule has 0 aromatic rings. The summed E-state index contributed by atoms with van der Waals surface area (Å²) in [5, 5.41) is -0.411. The van der Waals surface area contributed by atoms with Gasteiger partial charge in [0.25, 0.3) is 0 Å². The van der Waals surface area contributed by atoms with Crippen LogP contribution in [0.2, 0.25) is 0 Å². The number of ether oxygens (including phenoxy) is 1. The number of rotatable bonds is 5. The average Bonchev–Trinajstić information content (AvgIpc) is 2.00. The van der Waals surface area contributed by atoms with Crippen molar-refractivity contribution in [3.8, 4) is 0 Å². The van der Waals surface area contributed by atoms with Crippen LogP contribution in [0.1, 0.15) is 26.7 Å². The summed E-state index contributed by atoms with van der Waals surface area (Å²) in [4.78, 5) is 21.3. The smallest absolute Gasteiger partial charge is 0.308 e. The van der Waals surface area contributed by atoms with E-state index in [0.717, 1.165) is 0 Å². The van der Waals surface area contributed by atoms with Gasteiger partial charge < -0.3 is 4.74 Å². The summed E-state index contributed by atoms with van der Waals surface area (Å²) in [6.07, 6.45) is 0.683. The van der Waals surface area contributed by atoms with Crippen molar-refractivity contribution in [1.29, 1.82) is 0 Å². The van der Waals surface area contributed by atoms with E-state index in [0.29, 0.717) is 13.0 Å². The second kappa shape index (κ2) is 6.00. The second-order valence-corrected chi connectivity index (χ2v) is 2.97. The molecular weight excluding hydrogens is 180 g/mol. The molecule has 3 nitrogen and oxygen atoms in total. The second-order valence-electron chi connectivity index (χ2n) is 2.55. The summed E-state index contributed by atoms with van der Waals surface area (Å²) in [5.74, 6) is -0.511. The van der Waals surface area contributed by atoms with Crippen LogP contribution < -0.4 is 0 Å². The standard InChI is InChI=1S/C8H13ClO3/c1-3-12-8(11)6(2)4-5-7(9)10/h6H,3-5H2,1-2H3. The summed E-state index contributed by atoms with van der Waals surface area (Å²) in [6.45, 7) is 3.84. The lowest BCUT2D eigenvalue weighted by molar-refractivity contribution is -0.147. The van der Waals surface area contributed by atoms with Crippen LogP contribution in [-0.4, -0.2) is 17.8 Å². The molecule has 1 atom stereocenters. The third kappa shape index (κ3) is 5.13. The van der Waals surface area contributed by atoms with Gasteiger partial charge in [-0.3, -0.25) is 9.59 Å². The van der Waals surface area contributed by atoms with Crippen molar-refractivity contribution in [1.82, 2.24) is 0 Å². The van der Waals surface area contributed by atoms with Gasteiger partial charge in [-0.1, -0.05) is 6.92 Å². The van der Waals surface area contributed by atoms with Crippen LogP contribution in [0, 0.1) is 5.92 Å². The monoisotopic (exact) mass is 192 g/mol. The first kappa shape index (κ1) is 11.4. The van der Waals surface area contributed by atoms with Gasteiger partial charge in [-0.2, -0.15) is 0 Å². The Hall–Kier alpha value is -0.570. The highest BCUT2D eigenvalue weighted by Gasteiger charge is 2.14. The van der Waals surface area contributed by atoms with E-state index < -0.39 is 5.24 Å². The third-order valence-electron chi connectivity index (χ3n) is 1.46. The van der Waals surface area contributed by atoms with Crippen molar-refractivity contribution in [3.05, 3.63) is 0 Å². The molecule has 0 aromatic heterocycles. The van der Waals surface area contributed by atoms with Crippen molar-refractivity contribution in [2.24, 2.45) is 5.92 Å². The summed E-state index contributed by atoms with van der Waals surface area (Å²) < 4.78 is 4.74. The lowest BCUT2D eigenvalue weighted by Crippen LogP contribution is -2.15. The molecule has 0 aromatic carbocycles. The molecule has 0 rings (SSSR count). The Morgan fingerprint density at radius 1 is 1.50 bits per heavy atom. The van der Waals surface area contributed by atoms with E-state index in [1.807, 2.05) is 0 Å². The molecule has 0 amide bonds. The Morgan fingerprint density at radius 3 is 2.50 bits per heavy atom. The highest BCUT2D eigenvalue weighted by Crippen LogP contribution is 2.08. The lowest BCUT2D eigenvalue weighted by Gasteiger charge is -2.07. The van der Waals surface area contributed by atoms with Gasteiger partial charge in [-0.25, -0.2) is 0 Å². The van der Waals surface area contributed by atoms with Crippen LogP contribution in [-0.2, 0) is 14.3 Å². The molecule has 0 heterocycles. The minimum atomic E-state index is -0.411. The summed E-state index contributed by atoms with van der Waals surface area (Å²) in [6, 6.07) is 0. The number of hydrogen-bond donors (Lipinski definition) is 0. The molecule has 0 aliphatic carbocycles. The normalized spacial score (nSPS) is 12.2. The van der Waals surface area contributed by atoms with Crippen LogP contribution >= 0.6 is 11.6 Å². The predicted octanol–water partition coefficient (Wildman–Crippen LogP) is 1.73. The Labute approximate surface area is 77.0 Å². The van der Waals surface area contributed by atoms with E-state index in [9.17, 15) is 9.59 Å². The van der Waals surface area contributed by atoms with Crippen LogP contribution in [0.3, 0.4) is 0 Å². The Kier molecular flexibility index (Phi) is 5.72. The zero-order chi connectivity index (χ0) is 9.56. The molecule has 12 heavy (non-hydrogen) atoms. The fraction of sp³-hybridized carbons (Fsp3) is 0.750. The van der Waals surface area contributed by atoms with Gasteiger partial charge in [-0.05, 0) is 24.9 Å². The largest absolute Gasteiger partial charge is 0.466 e. The molecule has 1 unspecified atom stereocenters. The quantitative estimate of drug-likeness (QED) is 0.492. The first-order valence-electron chi connectivity index (χ1n) is 3.92. The molecule has 0 aliphatic rings. The van der Waals surface area contributed by atoms with Gasteiger partial charge in [-0.15, -0.1) is 0 Å². The first-order valence-corrected chi connectivity index (χ1v) is 4.30. The molecule has 0 aliphatic heterocycles. The van der Waals surface area contributed by atoms with Crippen LogP contribution in [0.5, 0.6) is 0 Å². The molecule has 0 saturated carbocycles. The molecule has 0 saturated heterocycles. The van der Waals surface area contributed by atoms with Crippen molar-refractivity contribution in [2.75, 3.05) is 6.61 Å². The highest BCUT2D eigenvalue weighted by molar-refractivity contribution is 6.63. The number of esters is 1. The van der Waals surface area contributed by atoms with Crippen LogP contribution in [0.4, 0.5) is 0 Å². The SMILES string of the molecule is CCOC(=O)C(C)CCC(=O)Cl. The average molecular weight is 193 g/mol. The molecule has 4 heteroatoms. The van der Waals surface area contributed by atoms with Crippen molar-refractivity contribution >= 4 is 22.8 Å². The van der Waals surface area contributed by atoms with Gasteiger partial charge in [0.1, 0.15) is 0 Å². The zero-order valence-electron chi connectivity index (χ0n) is 7.30. The minimum Gasteiger partial charge on any atom is -0.466 e. The maximum atomic E-state index is 11.0. The minimum absolute atomic E-state index is 0.224. The predicted molar refractivity (Wildman–Crippen MR) is 45.9 cm³/mol. The molecule has 0 fully saturated rings. The Morgan fingerprint density at radius 2 is 2.08 bits per heavy atom. The maximum Gasteiger partial charge on any atom is 0.308 e. The van der Waals surface area contributed by atoms with E-state index in [1.165, 1.54) is 0 Å². The molecule has 70 valence electrons. The Bertz CT molecular complexity index is 168. The highest BCUT2D eigenvalue weighted by atomic mass is 35.5. The van der Waals surface area contributed by atoms with E-state index in [2.05, 4.69) is 0 Å². The number of carbonyl (C=O) groups is 2. The molecule has 0 N–H and O–H groups in total. The summed E-state index contributed by atoms with van der Waals surface area (Å²) >= 11 is 5.11. The summed E-state index contributed by atoms with van der Waals surface area (Å²) in [5.41, 5.74) is 0. The van der Waals surface area contributed by atoms with E-state index in [4.69, 9.17) is 16.3 Å². The van der Waals surface area contributed by atoms with Gasteiger partial charge in [0.05, 0.1) is 12.5 Å². The molecule has 0 bridgehead atoms. The van der Waals surface area contributed by atoms with E-state index in [1.54, 1.807) is 13.8 Å². The number of hydrogen-bond acceptors (Lipinski definition) is 3. The summed E-state index contributed by atoms with van der Waals surface area (Å²) in [7, 11) is 0. The molecule has 0 spiro atoms. The van der Waals surface area contributed by atoms with Crippen LogP contribution in [0.25, 0.3) is 0 Å². The molecule has 0 radical (unpaired) electrons. The lowest BCUT2D eigenvalue weighted by atomic mass is 10.1.